The lowest BCUT2D eigenvalue weighted by atomic mass is 10.0. The Bertz CT molecular complexity index is 1730. The summed E-state index contributed by atoms with van der Waals surface area (Å²) in [7, 11) is 0. The van der Waals surface area contributed by atoms with E-state index in [9.17, 15) is 14.4 Å². The molecule has 1 atom stereocenters. The van der Waals surface area contributed by atoms with E-state index in [2.05, 4.69) is 154 Å². The topological polar surface area (TPSA) is 78.9 Å². The van der Waals surface area contributed by atoms with E-state index in [-0.39, 0.29) is 31.1 Å². The molecule has 466 valence electrons. The largest absolute Gasteiger partial charge is 0.462 e. The van der Waals surface area contributed by atoms with Crippen LogP contribution in [0.2, 0.25) is 0 Å². The maximum absolute atomic E-state index is 12.9. The lowest BCUT2D eigenvalue weighted by molar-refractivity contribution is -0.167. The van der Waals surface area contributed by atoms with Gasteiger partial charge in [-0.15, -0.1) is 0 Å². The molecular formula is C76H126O6. The van der Waals surface area contributed by atoms with Crippen LogP contribution in [0.5, 0.6) is 0 Å². The summed E-state index contributed by atoms with van der Waals surface area (Å²) in [5.74, 6) is -0.903. The van der Waals surface area contributed by atoms with Gasteiger partial charge >= 0.3 is 17.9 Å². The highest BCUT2D eigenvalue weighted by molar-refractivity contribution is 5.71. The van der Waals surface area contributed by atoms with Gasteiger partial charge in [-0.05, 0) is 135 Å². The van der Waals surface area contributed by atoms with Crippen molar-refractivity contribution in [2.45, 2.75) is 316 Å². The van der Waals surface area contributed by atoms with Crippen LogP contribution in [0.1, 0.15) is 310 Å². The number of allylic oxidation sites excluding steroid dienone is 22. The third-order valence-corrected chi connectivity index (χ3v) is 14.4. The number of hydrogen-bond donors (Lipinski definition) is 0. The first-order valence-corrected chi connectivity index (χ1v) is 34.2. The Hall–Kier alpha value is -4.45. The maximum Gasteiger partial charge on any atom is 0.306 e. The van der Waals surface area contributed by atoms with Gasteiger partial charge in [-0.25, -0.2) is 0 Å². The van der Waals surface area contributed by atoms with Crippen molar-refractivity contribution in [2.75, 3.05) is 13.2 Å². The quantitative estimate of drug-likeness (QED) is 0.0261. The minimum atomic E-state index is -0.793. The van der Waals surface area contributed by atoms with Crippen molar-refractivity contribution in [3.8, 4) is 0 Å². The van der Waals surface area contributed by atoms with E-state index in [1.165, 1.54) is 135 Å². The number of ether oxygens (including phenoxy) is 3. The molecule has 0 radical (unpaired) electrons. The van der Waals surface area contributed by atoms with Gasteiger partial charge in [-0.1, -0.05) is 289 Å². The van der Waals surface area contributed by atoms with E-state index < -0.39 is 6.10 Å². The Morgan fingerprint density at radius 3 is 0.756 bits per heavy atom. The lowest BCUT2D eigenvalue weighted by Gasteiger charge is -2.18. The number of carbonyl (C=O) groups excluding carboxylic acids is 3. The molecule has 0 fully saturated rings. The second kappa shape index (κ2) is 69.0. The van der Waals surface area contributed by atoms with Gasteiger partial charge in [0.2, 0.25) is 0 Å². The molecule has 0 saturated heterocycles. The van der Waals surface area contributed by atoms with E-state index in [1.54, 1.807) is 0 Å². The Morgan fingerprint density at radius 2 is 0.476 bits per heavy atom. The van der Waals surface area contributed by atoms with Crippen LogP contribution in [0, 0.1) is 0 Å². The van der Waals surface area contributed by atoms with Crippen LogP contribution in [0.25, 0.3) is 0 Å². The van der Waals surface area contributed by atoms with Gasteiger partial charge in [-0.3, -0.25) is 14.4 Å². The van der Waals surface area contributed by atoms with Crippen LogP contribution < -0.4 is 0 Å². The summed E-state index contributed by atoms with van der Waals surface area (Å²) in [4.78, 5) is 38.4. The van der Waals surface area contributed by atoms with Crippen molar-refractivity contribution in [1.29, 1.82) is 0 Å². The highest BCUT2D eigenvalue weighted by atomic mass is 16.6. The van der Waals surface area contributed by atoms with Crippen molar-refractivity contribution < 1.29 is 28.6 Å². The SMILES string of the molecule is CC/C=C\C/C=C\C/C=C\C/C=C\C/C=C\CCCCCCCCCCCCCCCC(=O)OCC(COC(=O)CCCCCCC/C=C\CCCCC)OC(=O)CCCCCCCCC/C=C\C/C=C\C/C=C\C/C=C\C/C=C\CC. The number of esters is 3. The molecule has 0 heterocycles. The molecule has 6 nitrogen and oxygen atoms in total. The maximum atomic E-state index is 12.9. The first-order chi connectivity index (χ1) is 40.5. The zero-order valence-corrected chi connectivity index (χ0v) is 53.5. The van der Waals surface area contributed by atoms with Gasteiger partial charge in [0.25, 0.3) is 0 Å². The summed E-state index contributed by atoms with van der Waals surface area (Å²) in [6, 6.07) is 0. The van der Waals surface area contributed by atoms with Gasteiger partial charge in [0.1, 0.15) is 13.2 Å². The predicted octanol–water partition coefficient (Wildman–Crippen LogP) is 23.7. The third-order valence-electron chi connectivity index (χ3n) is 14.4. The summed E-state index contributed by atoms with van der Waals surface area (Å²) in [5.41, 5.74) is 0. The Labute approximate surface area is 506 Å². The van der Waals surface area contributed by atoms with Gasteiger partial charge < -0.3 is 14.2 Å². The van der Waals surface area contributed by atoms with E-state index in [0.717, 1.165) is 135 Å². The van der Waals surface area contributed by atoms with Crippen molar-refractivity contribution in [3.63, 3.8) is 0 Å². The van der Waals surface area contributed by atoms with Crippen molar-refractivity contribution in [1.82, 2.24) is 0 Å². The van der Waals surface area contributed by atoms with E-state index in [4.69, 9.17) is 14.2 Å². The molecule has 6 heteroatoms. The molecule has 0 spiro atoms. The summed E-state index contributed by atoms with van der Waals surface area (Å²) in [6.07, 6.45) is 97.5. The first-order valence-electron chi connectivity index (χ1n) is 34.2. The van der Waals surface area contributed by atoms with Crippen molar-refractivity contribution in [3.05, 3.63) is 134 Å². The smallest absolute Gasteiger partial charge is 0.306 e. The van der Waals surface area contributed by atoms with E-state index in [1.807, 2.05) is 0 Å². The molecule has 0 aromatic heterocycles. The van der Waals surface area contributed by atoms with Crippen LogP contribution in [-0.4, -0.2) is 37.2 Å². The normalized spacial score (nSPS) is 13.0. The molecule has 0 aromatic carbocycles. The zero-order valence-electron chi connectivity index (χ0n) is 53.5. The molecular weight excluding hydrogens is 1010 g/mol. The third kappa shape index (κ3) is 66.4. The second-order valence-electron chi connectivity index (χ2n) is 22.3. The minimum absolute atomic E-state index is 0.0877. The summed E-state index contributed by atoms with van der Waals surface area (Å²) >= 11 is 0. The molecule has 0 bridgehead atoms. The minimum Gasteiger partial charge on any atom is -0.462 e. The number of rotatable bonds is 61. The van der Waals surface area contributed by atoms with Crippen molar-refractivity contribution in [2.24, 2.45) is 0 Å². The number of unbranched alkanes of at least 4 members (excludes halogenated alkanes) is 28. The Balaban J connectivity index is 4.30. The zero-order chi connectivity index (χ0) is 59.2. The molecule has 0 amide bonds. The number of carbonyl (C=O) groups is 3. The molecule has 0 rings (SSSR count). The molecule has 0 aromatic rings. The second-order valence-corrected chi connectivity index (χ2v) is 22.3. The van der Waals surface area contributed by atoms with Crippen LogP contribution in [0.15, 0.2) is 134 Å². The molecule has 0 N–H and O–H groups in total. The van der Waals surface area contributed by atoms with Gasteiger partial charge in [0.15, 0.2) is 6.10 Å². The van der Waals surface area contributed by atoms with Crippen LogP contribution >= 0.6 is 0 Å². The molecule has 0 aliphatic rings. The number of hydrogen-bond acceptors (Lipinski definition) is 6. The van der Waals surface area contributed by atoms with E-state index in [0.29, 0.717) is 19.3 Å². The fourth-order valence-electron chi connectivity index (χ4n) is 9.32. The fourth-order valence-corrected chi connectivity index (χ4v) is 9.32. The molecule has 1 unspecified atom stereocenters. The molecule has 0 aliphatic heterocycles. The Kier molecular flexibility index (Phi) is 65.3. The molecule has 82 heavy (non-hydrogen) atoms. The van der Waals surface area contributed by atoms with E-state index >= 15 is 0 Å². The summed E-state index contributed by atoms with van der Waals surface area (Å²) in [6.45, 7) is 6.39. The van der Waals surface area contributed by atoms with Gasteiger partial charge in [0, 0.05) is 19.3 Å². The first kappa shape index (κ1) is 77.5. The predicted molar refractivity (Wildman–Crippen MR) is 357 cm³/mol. The highest BCUT2D eigenvalue weighted by Crippen LogP contribution is 2.16. The fraction of sp³-hybridized carbons (Fsp3) is 0.671. The molecule has 0 saturated carbocycles. The summed E-state index contributed by atoms with van der Waals surface area (Å²) in [5, 5.41) is 0. The summed E-state index contributed by atoms with van der Waals surface area (Å²) < 4.78 is 16.9. The van der Waals surface area contributed by atoms with Gasteiger partial charge in [0.05, 0.1) is 0 Å². The highest BCUT2D eigenvalue weighted by Gasteiger charge is 2.19. The van der Waals surface area contributed by atoms with Crippen LogP contribution in [-0.2, 0) is 28.6 Å². The molecule has 0 aliphatic carbocycles. The average Bonchev–Trinajstić information content (AvgIpc) is 3.47. The van der Waals surface area contributed by atoms with Crippen LogP contribution in [0.4, 0.5) is 0 Å². The average molecular weight is 1140 g/mol. The van der Waals surface area contributed by atoms with Crippen LogP contribution in [0.3, 0.4) is 0 Å². The monoisotopic (exact) mass is 1130 g/mol. The lowest BCUT2D eigenvalue weighted by Crippen LogP contribution is -2.30. The Morgan fingerprint density at radius 1 is 0.256 bits per heavy atom. The standard InChI is InChI=1S/C76H126O6/c1-4-7-10-13-16-19-22-25-27-29-31-33-35-36-37-38-39-40-42-43-45-47-49-51-54-57-60-63-66-69-75(78)81-72-73(71-80-74(77)68-65-62-59-56-53-24-21-18-15-12-9-6-3)82-76(79)70-67-64-61-58-55-52-50-48-46-44-41-34-32-30-28-26-23-20-17-14-11-8-5-2/h7-8,10-11,16-21,25-28,31-34,36-37,44,46,73H,4-6,9,12-15,22-24,29-30,35,38-43,45,47-72H2,1-3H3/b10-7-,11-8-,19-16-,20-17-,21-18-,27-25-,28-26-,33-31-,34-32-,37-36-,46-44-. The van der Waals surface area contributed by atoms with Gasteiger partial charge in [-0.2, -0.15) is 0 Å². The van der Waals surface area contributed by atoms with Crippen molar-refractivity contribution >= 4 is 17.9 Å².